The Morgan fingerprint density at radius 1 is 1.43 bits per heavy atom. The van der Waals surface area contributed by atoms with Crippen LogP contribution in [0.4, 0.5) is 18.9 Å². The molecule has 1 aliphatic rings. The maximum Gasteiger partial charge on any atom is 0.534 e. The predicted octanol–water partition coefficient (Wildman–Crippen LogP) is 2.34. The molecule has 0 saturated heterocycles. The van der Waals surface area contributed by atoms with Crippen molar-refractivity contribution in [3.05, 3.63) is 23.8 Å². The molecule has 1 aromatic rings. The van der Waals surface area contributed by atoms with E-state index in [1.807, 2.05) is 6.92 Å². The van der Waals surface area contributed by atoms with Gasteiger partial charge < -0.3 is 15.2 Å². The second kappa shape index (κ2) is 5.06. The minimum Gasteiger partial charge on any atom is -0.376 e. The number of aryl methyl sites for hydroxylation is 1. The minimum atomic E-state index is -5.65. The van der Waals surface area contributed by atoms with Crippen LogP contribution in [-0.4, -0.2) is 19.6 Å². The van der Waals surface area contributed by atoms with Gasteiger partial charge in [-0.05, 0) is 43.0 Å². The number of halogens is 3. The smallest absolute Gasteiger partial charge is 0.376 e. The summed E-state index contributed by atoms with van der Waals surface area (Å²) < 4.78 is 62.8. The molecule has 3 N–H and O–H groups in total. The van der Waals surface area contributed by atoms with Gasteiger partial charge in [0.05, 0.1) is 5.66 Å². The van der Waals surface area contributed by atoms with E-state index in [0.29, 0.717) is 30.5 Å². The molecule has 118 valence electrons. The van der Waals surface area contributed by atoms with Gasteiger partial charge in [0, 0.05) is 5.69 Å². The number of benzene rings is 1. The lowest BCUT2D eigenvalue weighted by Gasteiger charge is -2.36. The van der Waals surface area contributed by atoms with Crippen LogP contribution in [0.2, 0.25) is 0 Å². The van der Waals surface area contributed by atoms with Crippen molar-refractivity contribution in [2.45, 2.75) is 37.4 Å². The summed E-state index contributed by atoms with van der Waals surface area (Å²) >= 11 is 0. The Bertz CT molecular complexity index is 646. The first-order valence-electron chi connectivity index (χ1n) is 6.27. The maximum atomic E-state index is 12.3. The Morgan fingerprint density at radius 3 is 2.67 bits per heavy atom. The number of nitrogens with two attached hydrogens (primary N) is 1. The number of anilines is 1. The molecule has 0 fully saturated rings. The third kappa shape index (κ3) is 3.24. The van der Waals surface area contributed by atoms with E-state index >= 15 is 0 Å². The molecule has 1 aliphatic heterocycles. The van der Waals surface area contributed by atoms with Crippen LogP contribution in [0.15, 0.2) is 18.2 Å². The monoisotopic (exact) mass is 324 g/mol. The van der Waals surface area contributed by atoms with Crippen LogP contribution >= 0.6 is 0 Å². The zero-order valence-electron chi connectivity index (χ0n) is 11.2. The molecule has 0 aliphatic carbocycles. The molecular weight excluding hydrogens is 309 g/mol. The van der Waals surface area contributed by atoms with E-state index < -0.39 is 21.3 Å². The molecule has 1 aromatic carbocycles. The molecule has 9 heteroatoms. The van der Waals surface area contributed by atoms with Crippen molar-refractivity contribution in [1.29, 1.82) is 0 Å². The maximum absolute atomic E-state index is 12.3. The van der Waals surface area contributed by atoms with Crippen LogP contribution in [-0.2, 0) is 16.5 Å². The second-order valence-electron chi connectivity index (χ2n) is 4.94. The van der Waals surface area contributed by atoms with E-state index in [2.05, 4.69) is 9.50 Å². The Balaban J connectivity index is 2.25. The fourth-order valence-corrected chi connectivity index (χ4v) is 2.53. The van der Waals surface area contributed by atoms with E-state index in [0.717, 1.165) is 6.07 Å². The van der Waals surface area contributed by atoms with Crippen LogP contribution in [0.25, 0.3) is 0 Å². The van der Waals surface area contributed by atoms with E-state index in [1.54, 1.807) is 0 Å². The first-order chi connectivity index (χ1) is 9.56. The highest BCUT2D eigenvalue weighted by Gasteiger charge is 2.48. The first-order valence-corrected chi connectivity index (χ1v) is 7.68. The van der Waals surface area contributed by atoms with Gasteiger partial charge in [-0.3, -0.25) is 0 Å². The predicted molar refractivity (Wildman–Crippen MR) is 71.2 cm³/mol. The molecule has 0 bridgehead atoms. The lowest BCUT2D eigenvalue weighted by atomic mass is 9.92. The van der Waals surface area contributed by atoms with Crippen LogP contribution in [0.1, 0.15) is 25.3 Å². The van der Waals surface area contributed by atoms with E-state index in [9.17, 15) is 21.6 Å². The molecule has 0 amide bonds. The summed E-state index contributed by atoms with van der Waals surface area (Å²) in [5.41, 5.74) is 1.41. The molecule has 0 aromatic heterocycles. The van der Waals surface area contributed by atoms with Gasteiger partial charge in [-0.25, -0.2) is 0 Å². The summed E-state index contributed by atoms with van der Waals surface area (Å²) in [6, 6.07) is 3.91. The molecule has 0 radical (unpaired) electrons. The van der Waals surface area contributed by atoms with Gasteiger partial charge in [-0.1, -0.05) is 6.92 Å². The van der Waals surface area contributed by atoms with E-state index in [4.69, 9.17) is 5.73 Å². The average molecular weight is 324 g/mol. The Morgan fingerprint density at radius 2 is 2.10 bits per heavy atom. The molecule has 1 unspecified atom stereocenters. The quantitative estimate of drug-likeness (QED) is 0.659. The van der Waals surface area contributed by atoms with Gasteiger partial charge in [0.1, 0.15) is 5.75 Å². The van der Waals surface area contributed by atoms with Crippen molar-refractivity contribution in [2.24, 2.45) is 5.73 Å². The zero-order valence-corrected chi connectivity index (χ0v) is 12.0. The normalized spacial score (nSPS) is 22.3. The van der Waals surface area contributed by atoms with Gasteiger partial charge in [0.2, 0.25) is 0 Å². The Kier molecular flexibility index (Phi) is 3.83. The molecule has 21 heavy (non-hydrogen) atoms. The van der Waals surface area contributed by atoms with Gasteiger partial charge in [-0.15, -0.1) is 0 Å². The number of hydrogen-bond acceptors (Lipinski definition) is 5. The highest BCUT2D eigenvalue weighted by atomic mass is 32.2. The van der Waals surface area contributed by atoms with E-state index in [1.165, 1.54) is 12.1 Å². The molecule has 0 spiro atoms. The minimum absolute atomic E-state index is 0.367. The van der Waals surface area contributed by atoms with Crippen molar-refractivity contribution in [3.63, 3.8) is 0 Å². The molecule has 0 saturated carbocycles. The highest BCUT2D eigenvalue weighted by Crippen LogP contribution is 2.34. The fraction of sp³-hybridized carbons (Fsp3) is 0.500. The summed E-state index contributed by atoms with van der Waals surface area (Å²) in [5, 5.41) is 3.09. The summed E-state index contributed by atoms with van der Waals surface area (Å²) in [7, 11) is -5.65. The lowest BCUT2D eigenvalue weighted by Crippen LogP contribution is -2.49. The van der Waals surface area contributed by atoms with Crippen LogP contribution in [0.3, 0.4) is 0 Å². The van der Waals surface area contributed by atoms with Crippen molar-refractivity contribution in [3.8, 4) is 5.75 Å². The number of alkyl halides is 3. The topological polar surface area (TPSA) is 81.4 Å². The number of rotatable bonds is 3. The van der Waals surface area contributed by atoms with Crippen molar-refractivity contribution >= 4 is 15.8 Å². The average Bonchev–Trinajstić information content (AvgIpc) is 2.37. The number of hydrogen-bond donors (Lipinski definition) is 2. The summed E-state index contributed by atoms with van der Waals surface area (Å²) in [6.45, 7) is 1.92. The van der Waals surface area contributed by atoms with Gasteiger partial charge in [0.15, 0.2) is 0 Å². The summed E-state index contributed by atoms with van der Waals surface area (Å²) in [5.74, 6) is -0.367. The number of fused-ring (bicyclic) bond motifs is 1. The molecule has 2 rings (SSSR count). The van der Waals surface area contributed by atoms with Crippen molar-refractivity contribution < 1.29 is 25.8 Å². The Hall–Kier alpha value is -1.48. The Labute approximate surface area is 120 Å². The largest absolute Gasteiger partial charge is 0.534 e. The van der Waals surface area contributed by atoms with Crippen molar-refractivity contribution in [2.75, 3.05) is 5.32 Å². The fourth-order valence-electron chi connectivity index (χ4n) is 2.08. The van der Waals surface area contributed by atoms with Gasteiger partial charge in [-0.2, -0.15) is 21.6 Å². The molecule has 5 nitrogen and oxygen atoms in total. The van der Waals surface area contributed by atoms with E-state index in [-0.39, 0.29) is 5.75 Å². The molecular formula is C12H15F3N2O3S. The van der Waals surface area contributed by atoms with Crippen LogP contribution in [0.5, 0.6) is 5.75 Å². The third-order valence-electron chi connectivity index (χ3n) is 3.42. The SMILES string of the molecule is CCC1(N)CCc2cc(OS(=O)(=O)C(F)(F)F)ccc2N1. The third-order valence-corrected chi connectivity index (χ3v) is 4.40. The number of nitrogens with one attached hydrogen (secondary N) is 1. The first kappa shape index (κ1) is 15.9. The van der Waals surface area contributed by atoms with Gasteiger partial charge in [0.25, 0.3) is 0 Å². The van der Waals surface area contributed by atoms with Crippen molar-refractivity contribution in [1.82, 2.24) is 0 Å². The molecule has 1 heterocycles. The summed E-state index contributed by atoms with van der Waals surface area (Å²) in [6.07, 6.45) is 1.80. The zero-order chi connectivity index (χ0) is 15.9. The standard InChI is InChI=1S/C12H15F3N2O3S/c1-2-11(16)6-5-8-7-9(3-4-10(8)17-11)20-21(18,19)12(13,14)15/h3-4,7,17H,2,5-6,16H2,1H3. The summed E-state index contributed by atoms with van der Waals surface area (Å²) in [4.78, 5) is 0. The van der Waals surface area contributed by atoms with Crippen LogP contribution in [0, 0.1) is 0 Å². The highest BCUT2D eigenvalue weighted by molar-refractivity contribution is 7.88. The molecule has 1 atom stereocenters. The lowest BCUT2D eigenvalue weighted by molar-refractivity contribution is -0.0500. The van der Waals surface area contributed by atoms with Crippen LogP contribution < -0.4 is 15.2 Å². The second-order valence-corrected chi connectivity index (χ2v) is 6.47. The van der Waals surface area contributed by atoms with Gasteiger partial charge >= 0.3 is 15.6 Å².